The van der Waals surface area contributed by atoms with E-state index in [1.807, 2.05) is 50.2 Å². The summed E-state index contributed by atoms with van der Waals surface area (Å²) in [4.78, 5) is 31.0. The lowest BCUT2D eigenvalue weighted by Gasteiger charge is -2.26. The first-order valence-electron chi connectivity index (χ1n) is 10.6. The fourth-order valence-electron chi connectivity index (χ4n) is 4.35. The molecular formula is C27H21FN2O3. The Morgan fingerprint density at radius 3 is 2.42 bits per heavy atom. The van der Waals surface area contributed by atoms with Crippen molar-refractivity contribution in [2.24, 2.45) is 0 Å². The van der Waals surface area contributed by atoms with Crippen LogP contribution in [-0.2, 0) is 9.59 Å². The lowest BCUT2D eigenvalue weighted by Crippen LogP contribution is -2.29. The molecular weight excluding hydrogens is 419 g/mol. The number of hydrogen-bond acceptors (Lipinski definition) is 3. The fraction of sp³-hybridized carbons (Fsp3) is 0.111. The van der Waals surface area contributed by atoms with Crippen LogP contribution in [0.3, 0.4) is 0 Å². The summed E-state index contributed by atoms with van der Waals surface area (Å²) in [6, 6.07) is 17.6. The van der Waals surface area contributed by atoms with Crippen molar-refractivity contribution < 1.29 is 19.1 Å². The maximum absolute atomic E-state index is 13.7. The van der Waals surface area contributed by atoms with Crippen molar-refractivity contribution in [2.45, 2.75) is 19.9 Å². The number of aliphatic hydroxyl groups excluding tert-OH is 1. The SMILES string of the molecule is Cc1ccc(N2C(=O)C(=O)/C(=C(\O)c3c[nH]c4ccccc34)C2c2ccc(F)cc2)cc1C. The van der Waals surface area contributed by atoms with Crippen LogP contribution in [0.25, 0.3) is 16.7 Å². The zero-order valence-electron chi connectivity index (χ0n) is 18.1. The van der Waals surface area contributed by atoms with E-state index in [1.165, 1.54) is 29.2 Å². The number of hydrogen-bond donors (Lipinski definition) is 2. The number of aliphatic hydroxyl groups is 1. The van der Waals surface area contributed by atoms with Gasteiger partial charge in [0, 0.05) is 28.4 Å². The van der Waals surface area contributed by atoms with E-state index in [0.717, 1.165) is 22.0 Å². The zero-order chi connectivity index (χ0) is 23.3. The number of fused-ring (bicyclic) bond motifs is 1. The predicted molar refractivity (Wildman–Crippen MR) is 125 cm³/mol. The summed E-state index contributed by atoms with van der Waals surface area (Å²) in [5.74, 6) is -2.23. The van der Waals surface area contributed by atoms with Gasteiger partial charge in [0.05, 0.1) is 11.6 Å². The van der Waals surface area contributed by atoms with Gasteiger partial charge < -0.3 is 10.1 Å². The number of ketones is 1. The number of H-pyrrole nitrogens is 1. The predicted octanol–water partition coefficient (Wildman–Crippen LogP) is 5.55. The van der Waals surface area contributed by atoms with Crippen molar-refractivity contribution in [3.63, 3.8) is 0 Å². The van der Waals surface area contributed by atoms with Crippen LogP contribution in [0.2, 0.25) is 0 Å². The van der Waals surface area contributed by atoms with Crippen molar-refractivity contribution in [1.82, 2.24) is 4.98 Å². The highest BCUT2D eigenvalue weighted by Gasteiger charge is 2.47. The summed E-state index contributed by atoms with van der Waals surface area (Å²) in [5.41, 5.74) is 4.25. The molecule has 1 unspecified atom stereocenters. The molecule has 33 heavy (non-hydrogen) atoms. The van der Waals surface area contributed by atoms with Gasteiger partial charge in [0.15, 0.2) is 0 Å². The summed E-state index contributed by atoms with van der Waals surface area (Å²) >= 11 is 0. The van der Waals surface area contributed by atoms with Gasteiger partial charge in [-0.1, -0.05) is 36.4 Å². The highest BCUT2D eigenvalue weighted by Crippen LogP contribution is 2.43. The van der Waals surface area contributed by atoms with Gasteiger partial charge in [-0.25, -0.2) is 4.39 Å². The number of carbonyl (C=O) groups excluding carboxylic acids is 2. The smallest absolute Gasteiger partial charge is 0.300 e. The normalized spacial score (nSPS) is 17.8. The highest BCUT2D eigenvalue weighted by molar-refractivity contribution is 6.51. The third-order valence-electron chi connectivity index (χ3n) is 6.24. The topological polar surface area (TPSA) is 73.4 Å². The summed E-state index contributed by atoms with van der Waals surface area (Å²) < 4.78 is 13.7. The second-order valence-corrected chi connectivity index (χ2v) is 8.24. The number of benzene rings is 3. The van der Waals surface area contributed by atoms with Gasteiger partial charge in [-0.3, -0.25) is 14.5 Å². The number of nitrogens with zero attached hydrogens (tertiary/aromatic N) is 1. The largest absolute Gasteiger partial charge is 0.507 e. The number of aromatic nitrogens is 1. The molecule has 2 N–H and O–H groups in total. The quantitative estimate of drug-likeness (QED) is 0.249. The third-order valence-corrected chi connectivity index (χ3v) is 6.24. The maximum atomic E-state index is 13.7. The van der Waals surface area contributed by atoms with Gasteiger partial charge in [0.25, 0.3) is 11.7 Å². The monoisotopic (exact) mass is 440 g/mol. The lowest BCUT2D eigenvalue weighted by molar-refractivity contribution is -0.132. The molecule has 5 nitrogen and oxygen atoms in total. The molecule has 5 rings (SSSR count). The number of nitrogens with one attached hydrogen (secondary N) is 1. The summed E-state index contributed by atoms with van der Waals surface area (Å²) in [7, 11) is 0. The minimum atomic E-state index is -0.902. The van der Waals surface area contributed by atoms with E-state index in [0.29, 0.717) is 16.8 Å². The Morgan fingerprint density at radius 1 is 0.970 bits per heavy atom. The molecule has 0 aliphatic carbocycles. The van der Waals surface area contributed by atoms with Gasteiger partial charge in [-0.2, -0.15) is 0 Å². The molecule has 3 aromatic carbocycles. The number of amides is 1. The Kier molecular flexibility index (Phi) is 4.86. The van der Waals surface area contributed by atoms with Crippen LogP contribution in [-0.4, -0.2) is 21.8 Å². The molecule has 1 atom stereocenters. The molecule has 1 aliphatic heterocycles. The third kappa shape index (κ3) is 3.31. The fourth-order valence-corrected chi connectivity index (χ4v) is 4.35. The molecule has 0 bridgehead atoms. The van der Waals surface area contributed by atoms with E-state index in [9.17, 15) is 19.1 Å². The molecule has 4 aromatic rings. The van der Waals surface area contributed by atoms with Gasteiger partial charge >= 0.3 is 0 Å². The number of Topliss-reactive ketones (excluding diaryl/α,β-unsaturated/α-hetero) is 1. The first-order chi connectivity index (χ1) is 15.9. The standard InChI is InChI=1S/C27H21FN2O3/c1-15-7-12-19(13-16(15)2)30-24(17-8-10-18(28)11-9-17)23(26(32)27(30)33)25(31)21-14-29-22-6-4-3-5-20(21)22/h3-14,24,29,31H,1-2H3/b25-23-. The average molecular weight is 440 g/mol. The van der Waals surface area contributed by atoms with Crippen LogP contribution in [0, 0.1) is 19.7 Å². The van der Waals surface area contributed by atoms with Crippen molar-refractivity contribution in [3.05, 3.63) is 107 Å². The molecule has 164 valence electrons. The highest BCUT2D eigenvalue weighted by atomic mass is 19.1. The van der Waals surface area contributed by atoms with E-state index in [2.05, 4.69) is 4.98 Å². The van der Waals surface area contributed by atoms with E-state index in [1.54, 1.807) is 12.3 Å². The number of aryl methyl sites for hydroxylation is 2. The van der Waals surface area contributed by atoms with Crippen LogP contribution >= 0.6 is 0 Å². The average Bonchev–Trinajstić information content (AvgIpc) is 3.35. The molecule has 0 saturated carbocycles. The van der Waals surface area contributed by atoms with Crippen molar-refractivity contribution >= 4 is 34.0 Å². The molecule has 2 heterocycles. The van der Waals surface area contributed by atoms with E-state index >= 15 is 0 Å². The molecule has 6 heteroatoms. The first kappa shape index (κ1) is 20.7. The Balaban J connectivity index is 1.76. The Bertz CT molecular complexity index is 1450. The lowest BCUT2D eigenvalue weighted by atomic mass is 9.95. The van der Waals surface area contributed by atoms with Crippen LogP contribution < -0.4 is 4.90 Å². The molecule has 1 fully saturated rings. The Morgan fingerprint density at radius 2 is 1.70 bits per heavy atom. The van der Waals surface area contributed by atoms with Gasteiger partial charge in [0.1, 0.15) is 11.6 Å². The number of halogens is 1. The number of anilines is 1. The Labute approximate surface area is 189 Å². The molecule has 0 spiro atoms. The second-order valence-electron chi connectivity index (χ2n) is 8.24. The minimum absolute atomic E-state index is 0.0328. The first-order valence-corrected chi connectivity index (χ1v) is 10.6. The summed E-state index contributed by atoms with van der Waals surface area (Å²) in [6.45, 7) is 3.88. The van der Waals surface area contributed by atoms with Crippen LogP contribution in [0.5, 0.6) is 0 Å². The maximum Gasteiger partial charge on any atom is 0.300 e. The molecule has 0 radical (unpaired) electrons. The summed E-state index contributed by atoms with van der Waals surface area (Å²) in [5, 5.41) is 12.1. The van der Waals surface area contributed by atoms with E-state index in [-0.39, 0.29) is 11.3 Å². The molecule has 1 aliphatic rings. The van der Waals surface area contributed by atoms with Crippen LogP contribution in [0.1, 0.15) is 28.3 Å². The van der Waals surface area contributed by atoms with Crippen molar-refractivity contribution in [1.29, 1.82) is 0 Å². The molecule has 1 aromatic heterocycles. The zero-order valence-corrected chi connectivity index (χ0v) is 18.1. The number of rotatable bonds is 3. The summed E-state index contributed by atoms with van der Waals surface area (Å²) in [6.07, 6.45) is 1.62. The van der Waals surface area contributed by atoms with Gasteiger partial charge in [-0.05, 0) is 60.9 Å². The molecule has 1 amide bonds. The Hall–Kier alpha value is -4.19. The number of aromatic amines is 1. The minimum Gasteiger partial charge on any atom is -0.507 e. The van der Waals surface area contributed by atoms with E-state index < -0.39 is 23.5 Å². The van der Waals surface area contributed by atoms with Crippen molar-refractivity contribution in [2.75, 3.05) is 4.90 Å². The van der Waals surface area contributed by atoms with Gasteiger partial charge in [-0.15, -0.1) is 0 Å². The number of para-hydroxylation sites is 1. The molecule has 1 saturated heterocycles. The second kappa shape index (κ2) is 7.74. The van der Waals surface area contributed by atoms with Crippen molar-refractivity contribution in [3.8, 4) is 0 Å². The number of carbonyl (C=O) groups is 2. The van der Waals surface area contributed by atoms with Crippen LogP contribution in [0.15, 0.2) is 78.5 Å². The van der Waals surface area contributed by atoms with Crippen LogP contribution in [0.4, 0.5) is 10.1 Å². The van der Waals surface area contributed by atoms with Gasteiger partial charge in [0.2, 0.25) is 0 Å². The van der Waals surface area contributed by atoms with E-state index in [4.69, 9.17) is 0 Å².